The van der Waals surface area contributed by atoms with Gasteiger partial charge in [-0.1, -0.05) is 51.0 Å². The van der Waals surface area contributed by atoms with E-state index in [0.717, 1.165) is 12.8 Å². The van der Waals surface area contributed by atoms with Gasteiger partial charge in [0.15, 0.2) is 0 Å². The zero-order chi connectivity index (χ0) is 12.3. The van der Waals surface area contributed by atoms with Gasteiger partial charge in [0, 0.05) is 0 Å². The maximum Gasteiger partial charge on any atom is 0.0998 e. The summed E-state index contributed by atoms with van der Waals surface area (Å²) in [5.41, 5.74) is 0. The van der Waals surface area contributed by atoms with Crippen molar-refractivity contribution < 1.29 is 0 Å². The van der Waals surface area contributed by atoms with E-state index in [4.69, 9.17) is 23.2 Å². The summed E-state index contributed by atoms with van der Waals surface area (Å²) < 4.78 is -0.718. The summed E-state index contributed by atoms with van der Waals surface area (Å²) in [6, 6.07) is 0. The van der Waals surface area contributed by atoms with Crippen LogP contribution in [0, 0.1) is 0 Å². The van der Waals surface area contributed by atoms with Gasteiger partial charge in [0.2, 0.25) is 0 Å². The zero-order valence-corrected chi connectivity index (χ0v) is 12.6. The van der Waals surface area contributed by atoms with E-state index in [9.17, 15) is 0 Å². The second-order valence-electron chi connectivity index (χ2n) is 4.36. The molecule has 0 aromatic carbocycles. The van der Waals surface area contributed by atoms with E-state index >= 15 is 0 Å². The molecule has 0 aliphatic rings. The van der Waals surface area contributed by atoms with Crippen molar-refractivity contribution in [3.05, 3.63) is 12.7 Å². The Bertz CT molecular complexity index is 164. The van der Waals surface area contributed by atoms with Crippen LogP contribution < -0.4 is 0 Å². The number of rotatable bonds is 11. The Morgan fingerprint density at radius 2 is 1.31 bits per heavy atom. The van der Waals surface area contributed by atoms with Crippen LogP contribution in [0.15, 0.2) is 12.7 Å². The molecule has 0 bridgehead atoms. The Morgan fingerprint density at radius 1 is 0.875 bits per heavy atom. The van der Waals surface area contributed by atoms with Crippen LogP contribution >= 0.6 is 23.2 Å². The molecule has 0 atom stereocenters. The van der Waals surface area contributed by atoms with Crippen LogP contribution in [-0.4, -0.2) is 14.2 Å². The maximum absolute atomic E-state index is 5.82. The first-order chi connectivity index (χ1) is 7.56. The fraction of sp³-hybridized carbons (Fsp3) is 0.846. The summed E-state index contributed by atoms with van der Waals surface area (Å²) in [7, 11) is 3.27. The standard InChI is InChI=1S/C13H23Cl2Si/c1-2-3-4-5-6-7-8-9-10-11-12-13(14,15)16/h2H,1,3-12H2. The Hall–Kier alpha value is 0.537. The molecule has 3 heteroatoms. The minimum absolute atomic E-state index is 0.718. The van der Waals surface area contributed by atoms with Gasteiger partial charge in [-0.05, 0) is 19.3 Å². The van der Waals surface area contributed by atoms with Crippen molar-refractivity contribution in [2.24, 2.45) is 0 Å². The monoisotopic (exact) mass is 277 g/mol. The first kappa shape index (κ1) is 16.5. The summed E-state index contributed by atoms with van der Waals surface area (Å²) >= 11 is 11.6. The molecule has 0 aromatic rings. The lowest BCUT2D eigenvalue weighted by Crippen LogP contribution is -2.11. The Labute approximate surface area is 114 Å². The third-order valence-corrected chi connectivity index (χ3v) is 3.28. The van der Waals surface area contributed by atoms with Crippen molar-refractivity contribution in [3.63, 3.8) is 0 Å². The van der Waals surface area contributed by atoms with Crippen molar-refractivity contribution in [3.8, 4) is 0 Å². The first-order valence-electron chi connectivity index (χ1n) is 6.30. The number of hydrogen-bond donors (Lipinski definition) is 0. The largest absolute Gasteiger partial charge is 0.107 e. The predicted octanol–water partition coefficient (Wildman–Crippen LogP) is 5.37. The summed E-state index contributed by atoms with van der Waals surface area (Å²) in [5.74, 6) is 0. The van der Waals surface area contributed by atoms with E-state index in [1.807, 2.05) is 6.08 Å². The lowest BCUT2D eigenvalue weighted by atomic mass is 10.1. The molecule has 0 amide bonds. The number of hydrogen-bond acceptors (Lipinski definition) is 0. The average molecular weight is 278 g/mol. The minimum Gasteiger partial charge on any atom is -0.107 e. The lowest BCUT2D eigenvalue weighted by Gasteiger charge is -2.11. The smallest absolute Gasteiger partial charge is 0.0998 e. The molecule has 0 aromatic heterocycles. The van der Waals surface area contributed by atoms with Gasteiger partial charge in [0.1, 0.15) is 0 Å². The van der Waals surface area contributed by atoms with Crippen LogP contribution in [0.3, 0.4) is 0 Å². The fourth-order valence-electron chi connectivity index (χ4n) is 1.70. The molecular weight excluding hydrogens is 255 g/mol. The molecule has 0 nitrogen and oxygen atoms in total. The number of alkyl halides is 2. The van der Waals surface area contributed by atoms with Crippen LogP contribution in [0.4, 0.5) is 0 Å². The van der Waals surface area contributed by atoms with Gasteiger partial charge in [-0.2, -0.15) is 0 Å². The number of allylic oxidation sites excluding steroid dienone is 1. The lowest BCUT2D eigenvalue weighted by molar-refractivity contribution is 0.562. The molecule has 0 unspecified atom stereocenters. The minimum atomic E-state index is -0.718. The maximum atomic E-state index is 5.82. The average Bonchev–Trinajstić information content (AvgIpc) is 2.19. The first-order valence-corrected chi connectivity index (χ1v) is 7.55. The van der Waals surface area contributed by atoms with Crippen molar-refractivity contribution in [1.82, 2.24) is 0 Å². The quantitative estimate of drug-likeness (QED) is 0.206. The molecule has 0 aliphatic carbocycles. The highest BCUT2D eigenvalue weighted by Gasteiger charge is 2.14. The molecular formula is C13H23Cl2Si. The zero-order valence-electron chi connectivity index (χ0n) is 10.1. The molecule has 0 heterocycles. The highest BCUT2D eigenvalue weighted by Crippen LogP contribution is 2.23. The molecule has 0 fully saturated rings. The molecule has 0 N–H and O–H groups in total. The molecule has 0 rings (SSSR count). The second-order valence-corrected chi connectivity index (χ2v) is 7.33. The summed E-state index contributed by atoms with van der Waals surface area (Å²) in [4.78, 5) is 0. The van der Waals surface area contributed by atoms with Gasteiger partial charge in [0.25, 0.3) is 0 Å². The molecule has 0 spiro atoms. The highest BCUT2D eigenvalue weighted by atomic mass is 35.5. The van der Waals surface area contributed by atoms with E-state index in [1.165, 1.54) is 51.4 Å². The number of halogens is 2. The van der Waals surface area contributed by atoms with Gasteiger partial charge < -0.3 is 0 Å². The molecule has 16 heavy (non-hydrogen) atoms. The summed E-state index contributed by atoms with van der Waals surface area (Å²) in [6.07, 6.45) is 14.3. The molecule has 3 radical (unpaired) electrons. The van der Waals surface area contributed by atoms with Crippen LogP contribution in [-0.2, 0) is 0 Å². The van der Waals surface area contributed by atoms with E-state index in [-0.39, 0.29) is 0 Å². The van der Waals surface area contributed by atoms with E-state index in [2.05, 4.69) is 16.8 Å². The highest BCUT2D eigenvalue weighted by molar-refractivity contribution is 6.65. The van der Waals surface area contributed by atoms with Crippen LogP contribution in [0.1, 0.15) is 64.2 Å². The van der Waals surface area contributed by atoms with Gasteiger partial charge in [0.05, 0.1) is 14.2 Å². The van der Waals surface area contributed by atoms with Gasteiger partial charge in [-0.3, -0.25) is 0 Å². The van der Waals surface area contributed by atoms with Crippen molar-refractivity contribution in [1.29, 1.82) is 0 Å². The van der Waals surface area contributed by atoms with Crippen LogP contribution in [0.25, 0.3) is 0 Å². The molecule has 0 saturated carbocycles. The normalized spacial score (nSPS) is 11.7. The third kappa shape index (κ3) is 14.5. The number of unbranched alkanes of at least 4 members (excludes halogenated alkanes) is 8. The Balaban J connectivity index is 3.01. The second kappa shape index (κ2) is 10.7. The van der Waals surface area contributed by atoms with Crippen molar-refractivity contribution in [2.75, 3.05) is 0 Å². The van der Waals surface area contributed by atoms with Crippen molar-refractivity contribution >= 4 is 33.4 Å². The Morgan fingerprint density at radius 3 is 1.75 bits per heavy atom. The van der Waals surface area contributed by atoms with Crippen molar-refractivity contribution in [2.45, 2.75) is 68.2 Å². The van der Waals surface area contributed by atoms with Gasteiger partial charge >= 0.3 is 0 Å². The molecule has 93 valence electrons. The van der Waals surface area contributed by atoms with E-state index in [0.29, 0.717) is 0 Å². The van der Waals surface area contributed by atoms with Crippen LogP contribution in [0.5, 0.6) is 0 Å². The summed E-state index contributed by atoms with van der Waals surface area (Å²) in [5, 5.41) is 0. The predicted molar refractivity (Wildman–Crippen MR) is 76.6 cm³/mol. The third-order valence-electron chi connectivity index (χ3n) is 2.65. The molecule has 0 saturated heterocycles. The van der Waals surface area contributed by atoms with Gasteiger partial charge in [-0.25, -0.2) is 0 Å². The van der Waals surface area contributed by atoms with E-state index < -0.39 is 3.96 Å². The van der Waals surface area contributed by atoms with E-state index in [1.54, 1.807) is 0 Å². The molecule has 0 aliphatic heterocycles. The SMILES string of the molecule is C=CCCCCCCCCCCC([Si])(Cl)Cl. The fourth-order valence-corrected chi connectivity index (χ4v) is 2.14. The van der Waals surface area contributed by atoms with Crippen LogP contribution in [0.2, 0.25) is 0 Å². The Kier molecular flexibility index (Phi) is 11.0. The summed E-state index contributed by atoms with van der Waals surface area (Å²) in [6.45, 7) is 3.72. The van der Waals surface area contributed by atoms with Gasteiger partial charge in [-0.15, -0.1) is 29.8 Å². The topological polar surface area (TPSA) is 0 Å².